The van der Waals surface area contributed by atoms with E-state index in [1.165, 1.54) is 22.4 Å². The van der Waals surface area contributed by atoms with Gasteiger partial charge in [-0.1, -0.05) is 19.4 Å². The lowest BCUT2D eigenvalue weighted by Gasteiger charge is -2.03. The van der Waals surface area contributed by atoms with Gasteiger partial charge in [-0.15, -0.1) is 0 Å². The van der Waals surface area contributed by atoms with Gasteiger partial charge in [-0.3, -0.25) is 25.0 Å². The number of nitrogens with one attached hydrogen (secondary N) is 1. The Bertz CT molecular complexity index is 1140. The maximum Gasteiger partial charge on any atom is 0.280 e. The first-order valence-corrected chi connectivity index (χ1v) is 9.53. The maximum absolute atomic E-state index is 13.2. The molecule has 3 aromatic rings. The van der Waals surface area contributed by atoms with Gasteiger partial charge in [0.25, 0.3) is 11.2 Å². The molecule has 2 aromatic carbocycles. The Morgan fingerprint density at radius 1 is 1.14 bits per heavy atom. The standard InChI is InChI=1S/C22H24N4O3/c1-5-6-20-21(16(4)23-17-8-7-14(2)15(3)13-17)22(27)25(24-20)18-9-11-19(12-10-18)26(28)29/h7-13,24H,5-6H2,1-4H3. The lowest BCUT2D eigenvalue weighted by Crippen LogP contribution is -2.19. The Morgan fingerprint density at radius 3 is 2.41 bits per heavy atom. The summed E-state index contributed by atoms with van der Waals surface area (Å²) in [6.07, 6.45) is 1.56. The molecular formula is C22H24N4O3. The number of hydrogen-bond donors (Lipinski definition) is 1. The van der Waals surface area contributed by atoms with Crippen molar-refractivity contribution in [2.45, 2.75) is 40.5 Å². The zero-order valence-corrected chi connectivity index (χ0v) is 17.0. The van der Waals surface area contributed by atoms with Crippen molar-refractivity contribution in [3.05, 3.63) is 85.3 Å². The molecule has 0 aliphatic rings. The summed E-state index contributed by atoms with van der Waals surface area (Å²) in [7, 11) is 0. The molecule has 29 heavy (non-hydrogen) atoms. The van der Waals surface area contributed by atoms with Crippen molar-refractivity contribution in [1.82, 2.24) is 9.78 Å². The van der Waals surface area contributed by atoms with E-state index in [1.807, 2.05) is 45.9 Å². The van der Waals surface area contributed by atoms with Crippen molar-refractivity contribution in [2.75, 3.05) is 0 Å². The zero-order chi connectivity index (χ0) is 21.1. The van der Waals surface area contributed by atoms with Crippen LogP contribution >= 0.6 is 0 Å². The number of nitro groups is 1. The van der Waals surface area contributed by atoms with E-state index < -0.39 is 4.92 Å². The van der Waals surface area contributed by atoms with Gasteiger partial charge in [-0.2, -0.15) is 0 Å². The number of non-ortho nitro benzene ring substituents is 1. The fraction of sp³-hybridized carbons (Fsp3) is 0.273. The summed E-state index contributed by atoms with van der Waals surface area (Å²) in [4.78, 5) is 28.2. The fourth-order valence-electron chi connectivity index (χ4n) is 3.24. The predicted octanol–water partition coefficient (Wildman–Crippen LogP) is 4.78. The first-order chi connectivity index (χ1) is 13.8. The molecule has 7 nitrogen and oxygen atoms in total. The van der Waals surface area contributed by atoms with Crippen LogP contribution in [0.3, 0.4) is 0 Å². The number of rotatable bonds is 6. The van der Waals surface area contributed by atoms with E-state index in [0.717, 1.165) is 23.4 Å². The highest BCUT2D eigenvalue weighted by Gasteiger charge is 2.18. The summed E-state index contributed by atoms with van der Waals surface area (Å²) in [6, 6.07) is 11.8. The van der Waals surface area contributed by atoms with Crippen LogP contribution in [0.1, 0.15) is 42.7 Å². The van der Waals surface area contributed by atoms with Gasteiger partial charge < -0.3 is 0 Å². The third-order valence-electron chi connectivity index (χ3n) is 4.93. The fourth-order valence-corrected chi connectivity index (χ4v) is 3.24. The Balaban J connectivity index is 2.08. The van der Waals surface area contributed by atoms with Crippen LogP contribution < -0.4 is 5.56 Å². The average Bonchev–Trinajstić information content (AvgIpc) is 3.01. The van der Waals surface area contributed by atoms with Gasteiger partial charge >= 0.3 is 0 Å². The van der Waals surface area contributed by atoms with Crippen LogP contribution in [0.4, 0.5) is 11.4 Å². The van der Waals surface area contributed by atoms with Crippen molar-refractivity contribution < 1.29 is 4.92 Å². The third kappa shape index (κ3) is 4.18. The van der Waals surface area contributed by atoms with Crippen LogP contribution in [0.5, 0.6) is 0 Å². The first-order valence-electron chi connectivity index (χ1n) is 9.53. The zero-order valence-electron chi connectivity index (χ0n) is 17.0. The molecule has 0 unspecified atom stereocenters. The topological polar surface area (TPSA) is 93.3 Å². The van der Waals surface area contributed by atoms with E-state index in [9.17, 15) is 14.9 Å². The number of H-pyrrole nitrogens is 1. The van der Waals surface area contributed by atoms with Crippen LogP contribution in [0, 0.1) is 24.0 Å². The number of aromatic nitrogens is 2. The number of hydrogen-bond acceptors (Lipinski definition) is 4. The molecule has 1 heterocycles. The van der Waals surface area contributed by atoms with Crippen LogP contribution in [-0.2, 0) is 6.42 Å². The SMILES string of the molecule is CCCc1[nH]n(-c2ccc([N+](=O)[O-])cc2)c(=O)c1C(C)=Nc1ccc(C)c(C)c1. The summed E-state index contributed by atoms with van der Waals surface area (Å²) >= 11 is 0. The number of nitrogens with zero attached hydrogens (tertiary/aromatic N) is 3. The van der Waals surface area contributed by atoms with E-state index in [4.69, 9.17) is 0 Å². The largest absolute Gasteiger partial charge is 0.294 e. The lowest BCUT2D eigenvalue weighted by molar-refractivity contribution is -0.384. The van der Waals surface area contributed by atoms with Crippen LogP contribution in [0.15, 0.2) is 52.3 Å². The molecule has 0 aliphatic heterocycles. The second kappa shape index (κ2) is 8.26. The van der Waals surface area contributed by atoms with Crippen molar-refractivity contribution in [1.29, 1.82) is 0 Å². The van der Waals surface area contributed by atoms with E-state index in [1.54, 1.807) is 12.1 Å². The summed E-state index contributed by atoms with van der Waals surface area (Å²) in [5.41, 5.74) is 5.43. The Labute approximate surface area is 168 Å². The van der Waals surface area contributed by atoms with Gasteiger partial charge in [0.15, 0.2) is 0 Å². The van der Waals surface area contributed by atoms with Gasteiger partial charge in [0.2, 0.25) is 0 Å². The number of benzene rings is 2. The average molecular weight is 392 g/mol. The monoisotopic (exact) mass is 392 g/mol. The molecule has 0 amide bonds. The minimum atomic E-state index is -0.463. The van der Waals surface area contributed by atoms with E-state index in [2.05, 4.69) is 10.1 Å². The molecular weight excluding hydrogens is 368 g/mol. The normalized spacial score (nSPS) is 11.7. The molecule has 0 saturated carbocycles. The highest BCUT2D eigenvalue weighted by molar-refractivity contribution is 6.01. The molecule has 0 radical (unpaired) electrons. The summed E-state index contributed by atoms with van der Waals surface area (Å²) in [6.45, 7) is 7.95. The number of aromatic amines is 1. The molecule has 3 rings (SSSR count). The number of aliphatic imine (C=N–C) groups is 1. The third-order valence-corrected chi connectivity index (χ3v) is 4.93. The summed E-state index contributed by atoms with van der Waals surface area (Å²) in [5, 5.41) is 14.0. The molecule has 150 valence electrons. The van der Waals surface area contributed by atoms with Crippen LogP contribution in [0.2, 0.25) is 0 Å². The van der Waals surface area contributed by atoms with E-state index >= 15 is 0 Å². The van der Waals surface area contributed by atoms with Gasteiger partial charge in [0, 0.05) is 17.8 Å². The maximum atomic E-state index is 13.2. The van der Waals surface area contributed by atoms with Gasteiger partial charge in [-0.25, -0.2) is 4.68 Å². The molecule has 0 saturated heterocycles. The molecule has 7 heteroatoms. The molecule has 0 fully saturated rings. The Kier molecular flexibility index (Phi) is 5.77. The molecule has 0 atom stereocenters. The summed E-state index contributed by atoms with van der Waals surface area (Å²) < 4.78 is 1.42. The molecule has 1 aromatic heterocycles. The smallest absolute Gasteiger partial charge is 0.280 e. The van der Waals surface area contributed by atoms with Crippen molar-refractivity contribution in [2.24, 2.45) is 4.99 Å². The molecule has 0 spiro atoms. The molecule has 1 N–H and O–H groups in total. The second-order valence-corrected chi connectivity index (χ2v) is 7.10. The van der Waals surface area contributed by atoms with Gasteiger partial charge in [-0.05, 0) is 62.6 Å². The van der Waals surface area contributed by atoms with Gasteiger partial charge in [0.1, 0.15) is 0 Å². The molecule has 0 aliphatic carbocycles. The molecule has 0 bridgehead atoms. The lowest BCUT2D eigenvalue weighted by atomic mass is 10.1. The Morgan fingerprint density at radius 2 is 1.83 bits per heavy atom. The minimum Gasteiger partial charge on any atom is -0.294 e. The quantitative estimate of drug-likeness (QED) is 0.371. The van der Waals surface area contributed by atoms with Crippen LogP contribution in [0.25, 0.3) is 5.69 Å². The second-order valence-electron chi connectivity index (χ2n) is 7.10. The van der Waals surface area contributed by atoms with E-state index in [-0.39, 0.29) is 11.2 Å². The predicted molar refractivity (Wildman–Crippen MR) is 115 cm³/mol. The van der Waals surface area contributed by atoms with Gasteiger partial charge in [0.05, 0.1) is 27.6 Å². The number of aryl methyl sites for hydroxylation is 3. The number of nitro benzene ring substituents is 1. The van der Waals surface area contributed by atoms with Crippen molar-refractivity contribution in [3.8, 4) is 5.69 Å². The van der Waals surface area contributed by atoms with Crippen molar-refractivity contribution in [3.63, 3.8) is 0 Å². The summed E-state index contributed by atoms with van der Waals surface area (Å²) in [5.74, 6) is 0. The first kappa shape index (κ1) is 20.3. The van der Waals surface area contributed by atoms with Crippen molar-refractivity contribution >= 4 is 17.1 Å². The Hall–Kier alpha value is -3.48. The van der Waals surface area contributed by atoms with E-state index in [0.29, 0.717) is 23.4 Å². The minimum absolute atomic E-state index is 0.0187. The highest BCUT2D eigenvalue weighted by atomic mass is 16.6. The highest BCUT2D eigenvalue weighted by Crippen LogP contribution is 2.20. The van der Waals surface area contributed by atoms with Crippen LogP contribution in [-0.4, -0.2) is 20.4 Å².